The van der Waals surface area contributed by atoms with Gasteiger partial charge in [-0.1, -0.05) is 34.6 Å². The lowest BCUT2D eigenvalue weighted by atomic mass is 9.84. The summed E-state index contributed by atoms with van der Waals surface area (Å²) < 4.78 is 0. The monoisotopic (exact) mass is 248 g/mol. The van der Waals surface area contributed by atoms with Crippen molar-refractivity contribution in [3.63, 3.8) is 0 Å². The number of hydrogen-bond acceptors (Lipinski definition) is 1. The number of aryl methyl sites for hydroxylation is 1. The Hall–Kier alpha value is -0.790. The second-order valence-corrected chi connectivity index (χ2v) is 7.53. The number of H-pyrrole nitrogens is 1. The third-order valence-electron chi connectivity index (χ3n) is 3.84. The molecule has 1 heterocycles. The summed E-state index contributed by atoms with van der Waals surface area (Å²) in [5, 5.41) is 0. The van der Waals surface area contributed by atoms with E-state index in [1.165, 1.54) is 42.9 Å². The lowest BCUT2D eigenvalue weighted by Crippen LogP contribution is -2.13. The van der Waals surface area contributed by atoms with Gasteiger partial charge in [0, 0.05) is 12.1 Å². The Morgan fingerprint density at radius 2 is 2.11 bits per heavy atom. The van der Waals surface area contributed by atoms with Crippen molar-refractivity contribution < 1.29 is 0 Å². The summed E-state index contributed by atoms with van der Waals surface area (Å²) in [5.74, 6) is 2.73. The molecule has 0 saturated heterocycles. The lowest BCUT2D eigenvalue weighted by molar-refractivity contribution is 0.304. The van der Waals surface area contributed by atoms with Crippen LogP contribution < -0.4 is 0 Å². The summed E-state index contributed by atoms with van der Waals surface area (Å²) in [7, 11) is 0. The molecule has 1 aliphatic carbocycles. The predicted molar refractivity (Wildman–Crippen MR) is 76.7 cm³/mol. The van der Waals surface area contributed by atoms with Crippen LogP contribution in [0.15, 0.2) is 0 Å². The number of hydrogen-bond donors (Lipinski definition) is 1. The van der Waals surface area contributed by atoms with E-state index in [-0.39, 0.29) is 0 Å². The molecule has 102 valence electrons. The number of nitrogens with one attached hydrogen (secondary N) is 1. The lowest BCUT2D eigenvalue weighted by Gasteiger charge is -2.22. The topological polar surface area (TPSA) is 28.7 Å². The number of nitrogens with zero attached hydrogens (tertiary/aromatic N) is 1. The molecule has 0 amide bonds. The van der Waals surface area contributed by atoms with Gasteiger partial charge in [0.25, 0.3) is 0 Å². The van der Waals surface area contributed by atoms with Gasteiger partial charge < -0.3 is 4.98 Å². The molecule has 18 heavy (non-hydrogen) atoms. The Morgan fingerprint density at radius 1 is 1.39 bits per heavy atom. The zero-order valence-electron chi connectivity index (χ0n) is 12.6. The summed E-state index contributed by atoms with van der Waals surface area (Å²) in [6.45, 7) is 11.6. The summed E-state index contributed by atoms with van der Waals surface area (Å²) in [4.78, 5) is 8.37. The fraction of sp³-hybridized carbons (Fsp3) is 0.812. The van der Waals surface area contributed by atoms with E-state index in [0.717, 1.165) is 12.3 Å². The highest BCUT2D eigenvalue weighted by Gasteiger charge is 2.21. The Morgan fingerprint density at radius 3 is 2.78 bits per heavy atom. The van der Waals surface area contributed by atoms with Gasteiger partial charge in [-0.25, -0.2) is 4.98 Å². The molecule has 0 aliphatic heterocycles. The van der Waals surface area contributed by atoms with Crippen molar-refractivity contribution >= 4 is 0 Å². The first-order chi connectivity index (χ1) is 8.33. The van der Waals surface area contributed by atoms with Gasteiger partial charge in [0.1, 0.15) is 5.82 Å². The summed E-state index contributed by atoms with van der Waals surface area (Å²) in [5.41, 5.74) is 3.16. The van der Waals surface area contributed by atoms with Crippen molar-refractivity contribution in [2.75, 3.05) is 0 Å². The normalized spacial score (nSPS) is 21.7. The molecule has 2 rings (SSSR count). The van der Waals surface area contributed by atoms with E-state index < -0.39 is 0 Å². The van der Waals surface area contributed by atoms with Crippen LogP contribution >= 0.6 is 0 Å². The molecule has 0 aromatic carbocycles. The number of fused-ring (bicyclic) bond motifs is 1. The van der Waals surface area contributed by atoms with Gasteiger partial charge in [-0.2, -0.15) is 0 Å². The van der Waals surface area contributed by atoms with Crippen LogP contribution in [0.5, 0.6) is 0 Å². The average molecular weight is 248 g/mol. The molecule has 0 fully saturated rings. The van der Waals surface area contributed by atoms with Gasteiger partial charge in [0.15, 0.2) is 0 Å². The van der Waals surface area contributed by atoms with Gasteiger partial charge in [-0.05, 0) is 42.9 Å². The van der Waals surface area contributed by atoms with Crippen molar-refractivity contribution in [2.45, 2.75) is 66.7 Å². The van der Waals surface area contributed by atoms with Crippen LogP contribution in [-0.4, -0.2) is 9.97 Å². The van der Waals surface area contributed by atoms with Crippen LogP contribution in [0.3, 0.4) is 0 Å². The van der Waals surface area contributed by atoms with E-state index in [9.17, 15) is 0 Å². The maximum absolute atomic E-state index is 4.80. The van der Waals surface area contributed by atoms with E-state index in [4.69, 9.17) is 4.98 Å². The zero-order chi connectivity index (χ0) is 13.3. The fourth-order valence-corrected chi connectivity index (χ4v) is 3.26. The quantitative estimate of drug-likeness (QED) is 0.855. The Labute approximate surface area is 112 Å². The van der Waals surface area contributed by atoms with Gasteiger partial charge in [0.05, 0.1) is 5.69 Å². The highest BCUT2D eigenvalue weighted by molar-refractivity contribution is 5.18. The molecule has 0 saturated carbocycles. The molecule has 2 atom stereocenters. The number of imidazole rings is 1. The molecular formula is C16H28N2. The first-order valence-corrected chi connectivity index (χ1v) is 7.40. The minimum Gasteiger partial charge on any atom is -0.346 e. The summed E-state index contributed by atoms with van der Waals surface area (Å²) in [6, 6.07) is 0. The van der Waals surface area contributed by atoms with Crippen LogP contribution in [0.4, 0.5) is 0 Å². The van der Waals surface area contributed by atoms with Gasteiger partial charge in [-0.15, -0.1) is 0 Å². The molecular weight excluding hydrogens is 220 g/mol. The van der Waals surface area contributed by atoms with Crippen LogP contribution in [-0.2, 0) is 19.3 Å². The Kier molecular flexibility index (Phi) is 3.84. The third-order valence-corrected chi connectivity index (χ3v) is 3.84. The van der Waals surface area contributed by atoms with Gasteiger partial charge >= 0.3 is 0 Å². The number of rotatable bonds is 3. The minimum atomic E-state index is 0.417. The van der Waals surface area contributed by atoms with Crippen LogP contribution in [0, 0.1) is 17.3 Å². The predicted octanol–water partition coefficient (Wildman–Crippen LogP) is 4.15. The highest BCUT2D eigenvalue weighted by Crippen LogP contribution is 2.27. The van der Waals surface area contributed by atoms with E-state index in [0.29, 0.717) is 11.3 Å². The zero-order valence-corrected chi connectivity index (χ0v) is 12.6. The third kappa shape index (κ3) is 3.60. The maximum Gasteiger partial charge on any atom is 0.106 e. The van der Waals surface area contributed by atoms with Crippen molar-refractivity contribution in [1.82, 2.24) is 9.97 Å². The maximum atomic E-state index is 4.80. The van der Waals surface area contributed by atoms with Gasteiger partial charge in [0.2, 0.25) is 0 Å². The second-order valence-electron chi connectivity index (χ2n) is 7.53. The molecule has 0 radical (unpaired) electrons. The van der Waals surface area contributed by atoms with Crippen molar-refractivity contribution in [1.29, 1.82) is 0 Å². The van der Waals surface area contributed by atoms with Crippen LogP contribution in [0.2, 0.25) is 0 Å². The van der Waals surface area contributed by atoms with E-state index in [1.54, 1.807) is 0 Å². The molecule has 2 unspecified atom stereocenters. The standard InChI is InChI=1S/C16H28N2/c1-11-6-7-13-14(8-11)18-15(17-13)9-12(2)10-16(3,4)5/h11-12H,6-10H2,1-5H3,(H,17,18). The first kappa shape index (κ1) is 13.6. The average Bonchev–Trinajstić information content (AvgIpc) is 2.55. The molecule has 2 nitrogen and oxygen atoms in total. The highest BCUT2D eigenvalue weighted by atomic mass is 14.9. The Balaban J connectivity index is 1.98. The molecule has 1 aliphatic rings. The number of aromatic nitrogens is 2. The van der Waals surface area contributed by atoms with Crippen molar-refractivity contribution in [3.8, 4) is 0 Å². The largest absolute Gasteiger partial charge is 0.346 e. The van der Waals surface area contributed by atoms with E-state index in [2.05, 4.69) is 39.6 Å². The fourth-order valence-electron chi connectivity index (χ4n) is 3.26. The summed E-state index contributed by atoms with van der Waals surface area (Å²) in [6.07, 6.45) is 6.01. The SMILES string of the molecule is CC1CCc2nc(CC(C)CC(C)(C)C)[nH]c2C1. The molecule has 1 aromatic heterocycles. The molecule has 0 bridgehead atoms. The van der Waals surface area contributed by atoms with E-state index in [1.807, 2.05) is 0 Å². The minimum absolute atomic E-state index is 0.417. The van der Waals surface area contributed by atoms with Crippen molar-refractivity contribution in [3.05, 3.63) is 17.2 Å². The Bertz CT molecular complexity index is 398. The molecule has 0 spiro atoms. The first-order valence-electron chi connectivity index (χ1n) is 7.40. The second kappa shape index (κ2) is 5.07. The van der Waals surface area contributed by atoms with Gasteiger partial charge in [-0.3, -0.25) is 0 Å². The summed E-state index contributed by atoms with van der Waals surface area (Å²) >= 11 is 0. The van der Waals surface area contributed by atoms with Crippen LogP contribution in [0.25, 0.3) is 0 Å². The number of aromatic amines is 1. The molecule has 1 N–H and O–H groups in total. The van der Waals surface area contributed by atoms with Crippen LogP contribution in [0.1, 0.15) is 64.7 Å². The molecule has 2 heteroatoms. The van der Waals surface area contributed by atoms with E-state index >= 15 is 0 Å². The van der Waals surface area contributed by atoms with Crippen molar-refractivity contribution in [2.24, 2.45) is 17.3 Å². The smallest absolute Gasteiger partial charge is 0.106 e. The molecule has 1 aromatic rings.